The maximum atomic E-state index is 12.9. The van der Waals surface area contributed by atoms with Crippen LogP contribution in [0.3, 0.4) is 0 Å². The molecule has 3 rings (SSSR count). The summed E-state index contributed by atoms with van der Waals surface area (Å²) in [6.07, 6.45) is 2.09. The smallest absolute Gasteiger partial charge is 0.233 e. The molecule has 0 radical (unpaired) electrons. The van der Waals surface area contributed by atoms with Gasteiger partial charge in [0.05, 0.1) is 24.3 Å². The molecular formula is C18H20N2O4S. The molecule has 2 unspecified atom stereocenters. The Morgan fingerprint density at radius 1 is 1.24 bits per heavy atom. The minimum atomic E-state index is -3.05. The molecule has 0 bridgehead atoms. The molecule has 1 fully saturated rings. The number of aromatic nitrogens is 1. The molecule has 1 aliphatic rings. The number of sulfone groups is 1. The van der Waals surface area contributed by atoms with Crippen LogP contribution in [0.2, 0.25) is 0 Å². The van der Waals surface area contributed by atoms with Crippen molar-refractivity contribution in [3.63, 3.8) is 0 Å². The van der Waals surface area contributed by atoms with Gasteiger partial charge in [-0.3, -0.25) is 9.78 Å². The molecule has 1 N–H and O–H groups in total. The van der Waals surface area contributed by atoms with Crippen LogP contribution in [0.15, 0.2) is 48.7 Å². The lowest BCUT2D eigenvalue weighted by atomic mass is 9.93. The van der Waals surface area contributed by atoms with Crippen LogP contribution >= 0.6 is 0 Å². The first-order chi connectivity index (χ1) is 12.0. The first-order valence-corrected chi connectivity index (χ1v) is 9.86. The summed E-state index contributed by atoms with van der Waals surface area (Å²) >= 11 is 0. The van der Waals surface area contributed by atoms with E-state index in [4.69, 9.17) is 4.74 Å². The number of ether oxygens (including phenoxy) is 1. The fourth-order valence-electron chi connectivity index (χ4n) is 2.99. The maximum Gasteiger partial charge on any atom is 0.233 e. The summed E-state index contributed by atoms with van der Waals surface area (Å²) in [5, 5.41) is 2.87. The molecule has 0 spiro atoms. The topological polar surface area (TPSA) is 85.4 Å². The number of rotatable bonds is 5. The fourth-order valence-corrected chi connectivity index (χ4v) is 4.67. The lowest BCUT2D eigenvalue weighted by Crippen LogP contribution is -2.39. The molecular weight excluding hydrogens is 340 g/mol. The van der Waals surface area contributed by atoms with Gasteiger partial charge in [-0.1, -0.05) is 18.2 Å². The van der Waals surface area contributed by atoms with Gasteiger partial charge in [0, 0.05) is 12.2 Å². The second kappa shape index (κ2) is 7.23. The van der Waals surface area contributed by atoms with E-state index in [-0.39, 0.29) is 23.5 Å². The fraction of sp³-hybridized carbons (Fsp3) is 0.333. The molecule has 25 heavy (non-hydrogen) atoms. The second-order valence-corrected chi connectivity index (χ2v) is 8.30. The molecule has 2 aromatic rings. The summed E-state index contributed by atoms with van der Waals surface area (Å²) in [4.78, 5) is 17.2. The van der Waals surface area contributed by atoms with Gasteiger partial charge in [0.25, 0.3) is 0 Å². The number of methoxy groups -OCH3 is 1. The van der Waals surface area contributed by atoms with Crippen LogP contribution in [0.4, 0.5) is 0 Å². The van der Waals surface area contributed by atoms with Crippen molar-refractivity contribution in [2.45, 2.75) is 18.4 Å². The van der Waals surface area contributed by atoms with E-state index in [0.29, 0.717) is 17.9 Å². The van der Waals surface area contributed by atoms with Crippen LogP contribution in [0.5, 0.6) is 5.75 Å². The van der Waals surface area contributed by atoms with E-state index in [9.17, 15) is 13.2 Å². The Balaban J connectivity index is 1.87. The van der Waals surface area contributed by atoms with Gasteiger partial charge in [-0.15, -0.1) is 0 Å². The Morgan fingerprint density at radius 3 is 2.56 bits per heavy atom. The highest BCUT2D eigenvalue weighted by molar-refractivity contribution is 7.91. The van der Waals surface area contributed by atoms with Crippen LogP contribution < -0.4 is 10.1 Å². The number of nitrogens with zero attached hydrogens (tertiary/aromatic N) is 1. The molecule has 6 nitrogen and oxygen atoms in total. The molecule has 0 aliphatic carbocycles. The maximum absolute atomic E-state index is 12.9. The van der Waals surface area contributed by atoms with Crippen LogP contribution in [0, 0.1) is 0 Å². The van der Waals surface area contributed by atoms with E-state index in [1.165, 1.54) is 0 Å². The highest BCUT2D eigenvalue weighted by Gasteiger charge is 2.32. The Morgan fingerprint density at radius 2 is 2.00 bits per heavy atom. The molecule has 2 heterocycles. The summed E-state index contributed by atoms with van der Waals surface area (Å²) in [5.41, 5.74) is 1.39. The van der Waals surface area contributed by atoms with E-state index < -0.39 is 15.8 Å². The zero-order valence-electron chi connectivity index (χ0n) is 13.9. The predicted octanol–water partition coefficient (Wildman–Crippen LogP) is 1.53. The SMILES string of the molecule is COc1ccc(C(C(=O)NC2CCS(=O)(=O)C2)c2ccccn2)cc1. The van der Waals surface area contributed by atoms with Crippen molar-refractivity contribution in [3.05, 3.63) is 59.9 Å². The van der Waals surface area contributed by atoms with E-state index in [1.807, 2.05) is 18.2 Å². The lowest BCUT2D eigenvalue weighted by molar-refractivity contribution is -0.122. The first-order valence-electron chi connectivity index (χ1n) is 8.04. The molecule has 7 heteroatoms. The van der Waals surface area contributed by atoms with E-state index >= 15 is 0 Å². The quantitative estimate of drug-likeness (QED) is 0.874. The highest BCUT2D eigenvalue weighted by atomic mass is 32.2. The number of benzene rings is 1. The monoisotopic (exact) mass is 360 g/mol. The van der Waals surface area contributed by atoms with E-state index in [2.05, 4.69) is 10.3 Å². The van der Waals surface area contributed by atoms with Crippen LogP contribution in [-0.2, 0) is 14.6 Å². The Hall–Kier alpha value is -2.41. The van der Waals surface area contributed by atoms with Crippen LogP contribution in [0.25, 0.3) is 0 Å². The molecule has 2 atom stereocenters. The van der Waals surface area contributed by atoms with Gasteiger partial charge in [-0.05, 0) is 36.2 Å². The number of amides is 1. The minimum Gasteiger partial charge on any atom is -0.497 e. The third kappa shape index (κ3) is 4.17. The number of carbonyl (C=O) groups is 1. The van der Waals surface area contributed by atoms with Gasteiger partial charge in [-0.25, -0.2) is 8.42 Å². The number of pyridine rings is 1. The minimum absolute atomic E-state index is 0.00368. The second-order valence-electron chi connectivity index (χ2n) is 6.07. The van der Waals surface area contributed by atoms with Gasteiger partial charge in [-0.2, -0.15) is 0 Å². The van der Waals surface area contributed by atoms with Crippen molar-refractivity contribution in [3.8, 4) is 5.75 Å². The summed E-state index contributed by atoms with van der Waals surface area (Å²) in [7, 11) is -1.47. The van der Waals surface area contributed by atoms with Gasteiger partial charge < -0.3 is 10.1 Å². The lowest BCUT2D eigenvalue weighted by Gasteiger charge is -2.19. The average molecular weight is 360 g/mol. The molecule has 1 aromatic heterocycles. The largest absolute Gasteiger partial charge is 0.497 e. The molecule has 1 amide bonds. The van der Waals surface area contributed by atoms with Crippen molar-refractivity contribution in [1.82, 2.24) is 10.3 Å². The highest BCUT2D eigenvalue weighted by Crippen LogP contribution is 2.26. The molecule has 1 aromatic carbocycles. The van der Waals surface area contributed by atoms with Gasteiger partial charge >= 0.3 is 0 Å². The van der Waals surface area contributed by atoms with Crippen LogP contribution in [-0.4, -0.2) is 44.0 Å². The van der Waals surface area contributed by atoms with E-state index in [0.717, 1.165) is 5.56 Å². The third-order valence-corrected chi connectivity index (χ3v) is 6.04. The number of hydrogen-bond acceptors (Lipinski definition) is 5. The molecule has 1 saturated heterocycles. The van der Waals surface area contributed by atoms with E-state index in [1.54, 1.807) is 37.6 Å². The third-order valence-electron chi connectivity index (χ3n) is 4.27. The molecule has 1 aliphatic heterocycles. The Kier molecular flexibility index (Phi) is 5.03. The predicted molar refractivity (Wildman–Crippen MR) is 94.3 cm³/mol. The Bertz CT molecular complexity index is 835. The van der Waals surface area contributed by atoms with Crippen molar-refractivity contribution in [2.75, 3.05) is 18.6 Å². The standard InChI is InChI=1S/C18H20N2O4S/c1-24-15-7-5-13(6-8-15)17(16-4-2-3-10-19-16)18(21)20-14-9-11-25(22,23)12-14/h2-8,10,14,17H,9,11-12H2,1H3,(H,20,21). The number of nitrogens with one attached hydrogen (secondary N) is 1. The zero-order valence-corrected chi connectivity index (χ0v) is 14.7. The number of hydrogen-bond donors (Lipinski definition) is 1. The van der Waals surface area contributed by atoms with Gasteiger partial charge in [0.2, 0.25) is 5.91 Å². The number of carbonyl (C=O) groups excluding carboxylic acids is 1. The summed E-state index contributed by atoms with van der Waals surface area (Å²) in [6, 6.07) is 12.3. The summed E-state index contributed by atoms with van der Waals surface area (Å²) < 4.78 is 28.4. The molecule has 0 saturated carbocycles. The first kappa shape index (κ1) is 17.4. The van der Waals surface area contributed by atoms with Gasteiger partial charge in [0.1, 0.15) is 11.7 Å². The van der Waals surface area contributed by atoms with Crippen molar-refractivity contribution < 1.29 is 17.9 Å². The van der Waals surface area contributed by atoms with Crippen molar-refractivity contribution >= 4 is 15.7 Å². The summed E-state index contributed by atoms with van der Waals surface area (Å²) in [5.74, 6) is -0.0300. The van der Waals surface area contributed by atoms with Crippen molar-refractivity contribution in [1.29, 1.82) is 0 Å². The normalized spacial score (nSPS) is 20.0. The zero-order chi connectivity index (χ0) is 17.9. The molecule has 132 valence electrons. The average Bonchev–Trinajstić information content (AvgIpc) is 2.95. The van der Waals surface area contributed by atoms with Gasteiger partial charge in [0.15, 0.2) is 9.84 Å². The van der Waals surface area contributed by atoms with Crippen LogP contribution in [0.1, 0.15) is 23.6 Å². The summed E-state index contributed by atoms with van der Waals surface area (Å²) in [6.45, 7) is 0. The van der Waals surface area contributed by atoms with Crippen molar-refractivity contribution in [2.24, 2.45) is 0 Å². The Labute approximate surface area is 147 Å².